The fourth-order valence-corrected chi connectivity index (χ4v) is 3.83. The quantitative estimate of drug-likeness (QED) is 0.890. The number of nitrogens with zero attached hydrogens (tertiary/aromatic N) is 4. The summed E-state index contributed by atoms with van der Waals surface area (Å²) in [6.07, 6.45) is 11.6. The van der Waals surface area contributed by atoms with Crippen LogP contribution in [0.3, 0.4) is 0 Å². The average Bonchev–Trinajstić information content (AvgIpc) is 3.14. The van der Waals surface area contributed by atoms with E-state index in [4.69, 9.17) is 9.72 Å². The molecule has 0 amide bonds. The molecule has 2 fully saturated rings. The van der Waals surface area contributed by atoms with Crippen LogP contribution >= 0.6 is 0 Å². The molecule has 25 heavy (non-hydrogen) atoms. The van der Waals surface area contributed by atoms with E-state index in [1.807, 2.05) is 23.3 Å². The van der Waals surface area contributed by atoms with Crippen molar-refractivity contribution in [3.63, 3.8) is 0 Å². The molecule has 7 heteroatoms. The van der Waals surface area contributed by atoms with Crippen molar-refractivity contribution in [3.05, 3.63) is 35.9 Å². The van der Waals surface area contributed by atoms with Gasteiger partial charge in [0.2, 0.25) is 5.95 Å². The van der Waals surface area contributed by atoms with Crippen molar-refractivity contribution in [1.29, 1.82) is 0 Å². The molecule has 0 aliphatic carbocycles. The molecule has 130 valence electrons. The van der Waals surface area contributed by atoms with Crippen molar-refractivity contribution in [2.75, 3.05) is 18.5 Å². The number of aromatic nitrogens is 4. The number of aryl methyl sites for hydroxylation is 1. The highest BCUT2D eigenvalue weighted by Gasteiger charge is 2.29. The van der Waals surface area contributed by atoms with Crippen LogP contribution < -0.4 is 10.6 Å². The largest absolute Gasteiger partial charge is 0.377 e. The second-order valence-corrected chi connectivity index (χ2v) is 7.19. The molecule has 3 aliphatic heterocycles. The van der Waals surface area contributed by atoms with Gasteiger partial charge in [0.05, 0.1) is 36.8 Å². The van der Waals surface area contributed by atoms with Crippen molar-refractivity contribution < 1.29 is 4.74 Å². The Balaban J connectivity index is 1.38. The summed E-state index contributed by atoms with van der Waals surface area (Å²) in [4.78, 5) is 9.24. The number of anilines is 2. The van der Waals surface area contributed by atoms with Crippen LogP contribution in [0.5, 0.6) is 0 Å². The number of hydrogen-bond acceptors (Lipinski definition) is 6. The van der Waals surface area contributed by atoms with Crippen LogP contribution in [0.4, 0.5) is 11.6 Å². The monoisotopic (exact) mass is 338 g/mol. The van der Waals surface area contributed by atoms with Crippen LogP contribution in [0, 0.1) is 6.92 Å². The molecule has 3 aliphatic rings. The molecule has 0 radical (unpaired) electrons. The second-order valence-electron chi connectivity index (χ2n) is 7.19. The molecule has 7 nitrogen and oxygen atoms in total. The summed E-state index contributed by atoms with van der Waals surface area (Å²) in [7, 11) is 0. The predicted octanol–water partition coefficient (Wildman–Crippen LogP) is 2.20. The molecule has 5 rings (SSSR count). The highest BCUT2D eigenvalue weighted by Crippen LogP contribution is 2.32. The summed E-state index contributed by atoms with van der Waals surface area (Å²) in [5.74, 6) is 0.622. The summed E-state index contributed by atoms with van der Waals surface area (Å²) in [6, 6.07) is 1.45. The minimum absolute atomic E-state index is 0.348. The number of rotatable bonds is 4. The zero-order valence-corrected chi connectivity index (χ0v) is 14.3. The topological polar surface area (TPSA) is 76.9 Å². The van der Waals surface area contributed by atoms with Crippen LogP contribution in [0.1, 0.15) is 36.6 Å². The van der Waals surface area contributed by atoms with E-state index >= 15 is 0 Å². The van der Waals surface area contributed by atoms with Crippen molar-refractivity contribution in [1.82, 2.24) is 25.1 Å². The highest BCUT2D eigenvalue weighted by molar-refractivity contribution is 5.68. The lowest BCUT2D eigenvalue weighted by molar-refractivity contribution is -0.0286. The van der Waals surface area contributed by atoms with Gasteiger partial charge in [0.1, 0.15) is 0 Å². The number of hydrogen-bond donors (Lipinski definition) is 2. The molecule has 0 spiro atoms. The molecular weight excluding hydrogens is 316 g/mol. The Bertz CT molecular complexity index is 825. The summed E-state index contributed by atoms with van der Waals surface area (Å²) in [5.41, 5.74) is 4.44. The van der Waals surface area contributed by atoms with E-state index in [1.165, 1.54) is 18.4 Å². The molecular formula is C18H22N6O. The summed E-state index contributed by atoms with van der Waals surface area (Å²) in [6.45, 7) is 3.55. The van der Waals surface area contributed by atoms with Gasteiger partial charge in [-0.15, -0.1) is 0 Å². The Kier molecular flexibility index (Phi) is 3.57. The van der Waals surface area contributed by atoms with Gasteiger partial charge in [-0.1, -0.05) is 6.08 Å². The fourth-order valence-electron chi connectivity index (χ4n) is 3.83. The van der Waals surface area contributed by atoms with Gasteiger partial charge in [-0.2, -0.15) is 5.10 Å². The van der Waals surface area contributed by atoms with Gasteiger partial charge in [0.15, 0.2) is 0 Å². The Hall–Kier alpha value is -2.25. The first-order valence-electron chi connectivity index (χ1n) is 8.94. The fraction of sp³-hybridized carbons (Fsp3) is 0.500. The normalized spacial score (nSPS) is 25.6. The number of fused-ring (bicyclic) bond motifs is 2. The third-order valence-electron chi connectivity index (χ3n) is 5.27. The molecule has 0 saturated carbocycles. The highest BCUT2D eigenvalue weighted by atomic mass is 16.5. The average molecular weight is 338 g/mol. The van der Waals surface area contributed by atoms with Crippen molar-refractivity contribution in [3.8, 4) is 0 Å². The Morgan fingerprint density at radius 3 is 3.00 bits per heavy atom. The van der Waals surface area contributed by atoms with E-state index in [0.717, 1.165) is 36.6 Å². The molecule has 2 unspecified atom stereocenters. The number of nitrogens with one attached hydrogen (secondary N) is 2. The van der Waals surface area contributed by atoms with Gasteiger partial charge in [0.25, 0.3) is 0 Å². The Morgan fingerprint density at radius 1 is 1.28 bits per heavy atom. The Morgan fingerprint density at radius 2 is 2.20 bits per heavy atom. The van der Waals surface area contributed by atoms with E-state index in [-0.39, 0.29) is 0 Å². The second kappa shape index (κ2) is 5.93. The van der Waals surface area contributed by atoms with Crippen LogP contribution in [-0.2, 0) is 4.74 Å². The zero-order chi connectivity index (χ0) is 16.8. The van der Waals surface area contributed by atoms with Gasteiger partial charge >= 0.3 is 0 Å². The molecule has 0 aromatic carbocycles. The first-order valence-corrected chi connectivity index (χ1v) is 8.94. The Labute approximate surface area is 146 Å². The van der Waals surface area contributed by atoms with E-state index in [0.29, 0.717) is 24.1 Å². The third-order valence-corrected chi connectivity index (χ3v) is 5.27. The van der Waals surface area contributed by atoms with Crippen molar-refractivity contribution >= 4 is 17.2 Å². The molecule has 2 aromatic heterocycles. The van der Waals surface area contributed by atoms with E-state index in [9.17, 15) is 0 Å². The summed E-state index contributed by atoms with van der Waals surface area (Å²) >= 11 is 0. The van der Waals surface area contributed by atoms with Crippen LogP contribution in [-0.4, -0.2) is 45.0 Å². The van der Waals surface area contributed by atoms with Crippen LogP contribution in [0.25, 0.3) is 5.57 Å². The minimum Gasteiger partial charge on any atom is -0.377 e. The lowest BCUT2D eigenvalue weighted by atomic mass is 9.98. The molecule has 2 aromatic rings. The summed E-state index contributed by atoms with van der Waals surface area (Å²) < 4.78 is 7.16. The first-order chi connectivity index (χ1) is 12.2. The molecule has 5 heterocycles. The van der Waals surface area contributed by atoms with Crippen LogP contribution in [0.15, 0.2) is 24.7 Å². The van der Waals surface area contributed by atoms with E-state index in [1.54, 1.807) is 0 Å². The van der Waals surface area contributed by atoms with E-state index < -0.39 is 0 Å². The van der Waals surface area contributed by atoms with Crippen molar-refractivity contribution in [2.24, 2.45) is 0 Å². The predicted molar refractivity (Wildman–Crippen MR) is 94.7 cm³/mol. The van der Waals surface area contributed by atoms with Gasteiger partial charge in [-0.3, -0.25) is 4.68 Å². The van der Waals surface area contributed by atoms with E-state index in [2.05, 4.69) is 33.7 Å². The molecule has 2 N–H and O–H groups in total. The maximum absolute atomic E-state index is 5.22. The first kappa shape index (κ1) is 15.0. The van der Waals surface area contributed by atoms with Crippen LogP contribution in [0.2, 0.25) is 0 Å². The lowest BCUT2D eigenvalue weighted by Crippen LogP contribution is -2.32. The lowest BCUT2D eigenvalue weighted by Gasteiger charge is -2.25. The maximum Gasteiger partial charge on any atom is 0.227 e. The minimum atomic E-state index is 0.348. The smallest absolute Gasteiger partial charge is 0.227 e. The molecule has 2 bridgehead atoms. The standard InChI is InChI=1S/C18H22N6O/c1-11-6-19-18(22-15-7-20-24(8-15)16-9-25-10-16)23-17(11)12-4-13-2-3-14(5-12)21-13/h4,6-8,13-14,16,21H,2-3,5,9-10H2,1H3,(H,19,22,23). The zero-order valence-electron chi connectivity index (χ0n) is 14.3. The van der Waals surface area contributed by atoms with Crippen molar-refractivity contribution in [2.45, 2.75) is 44.3 Å². The SMILES string of the molecule is Cc1cnc(Nc2cnn(C3COC3)c2)nc1C1=CC2CCC(C1)N2. The van der Waals surface area contributed by atoms with Gasteiger partial charge < -0.3 is 15.4 Å². The van der Waals surface area contributed by atoms with Gasteiger partial charge in [-0.25, -0.2) is 9.97 Å². The molecule has 2 saturated heterocycles. The maximum atomic E-state index is 5.22. The van der Waals surface area contributed by atoms with Gasteiger partial charge in [-0.05, 0) is 37.3 Å². The summed E-state index contributed by atoms with van der Waals surface area (Å²) in [5, 5.41) is 11.3. The van der Waals surface area contributed by atoms with Gasteiger partial charge in [0, 0.05) is 24.5 Å². The number of ether oxygens (including phenoxy) is 1. The third kappa shape index (κ3) is 2.83. The molecule has 2 atom stereocenters.